The standard InChI is InChI=1S/C13H11N3/c14-11-5-3-4-10(8-11)12-9-15-13-6-1-2-7-16(12)13/h1-9H,14H2. The summed E-state index contributed by atoms with van der Waals surface area (Å²) >= 11 is 0. The van der Waals surface area contributed by atoms with Crippen LogP contribution < -0.4 is 5.73 Å². The van der Waals surface area contributed by atoms with E-state index in [-0.39, 0.29) is 0 Å². The van der Waals surface area contributed by atoms with E-state index in [4.69, 9.17) is 5.73 Å². The molecule has 0 bridgehead atoms. The minimum Gasteiger partial charge on any atom is -0.399 e. The molecule has 3 nitrogen and oxygen atoms in total. The fourth-order valence-corrected chi connectivity index (χ4v) is 1.84. The summed E-state index contributed by atoms with van der Waals surface area (Å²) in [5.74, 6) is 0. The van der Waals surface area contributed by atoms with Gasteiger partial charge in [-0.3, -0.25) is 4.40 Å². The molecule has 0 aliphatic carbocycles. The van der Waals surface area contributed by atoms with E-state index in [9.17, 15) is 0 Å². The molecular formula is C13H11N3. The van der Waals surface area contributed by atoms with Crippen molar-refractivity contribution in [3.05, 3.63) is 54.9 Å². The molecule has 3 heteroatoms. The van der Waals surface area contributed by atoms with Gasteiger partial charge in [-0.05, 0) is 24.3 Å². The zero-order valence-corrected chi connectivity index (χ0v) is 8.67. The Bertz CT molecular complexity index is 640. The van der Waals surface area contributed by atoms with Crippen molar-refractivity contribution < 1.29 is 0 Å². The molecule has 3 rings (SSSR count). The summed E-state index contributed by atoms with van der Waals surface area (Å²) < 4.78 is 2.05. The first kappa shape index (κ1) is 8.97. The van der Waals surface area contributed by atoms with Gasteiger partial charge in [-0.2, -0.15) is 0 Å². The predicted octanol–water partition coefficient (Wildman–Crippen LogP) is 2.58. The van der Waals surface area contributed by atoms with Gasteiger partial charge in [0.25, 0.3) is 0 Å². The number of benzene rings is 1. The maximum Gasteiger partial charge on any atom is 0.137 e. The summed E-state index contributed by atoms with van der Waals surface area (Å²) in [5, 5.41) is 0. The van der Waals surface area contributed by atoms with Crippen LogP contribution in [0.4, 0.5) is 5.69 Å². The Morgan fingerprint density at radius 1 is 1.06 bits per heavy atom. The van der Waals surface area contributed by atoms with E-state index >= 15 is 0 Å². The molecule has 3 aromatic rings. The van der Waals surface area contributed by atoms with Crippen molar-refractivity contribution in [1.82, 2.24) is 9.38 Å². The van der Waals surface area contributed by atoms with Crippen molar-refractivity contribution in [3.8, 4) is 11.3 Å². The van der Waals surface area contributed by atoms with Crippen LogP contribution in [-0.2, 0) is 0 Å². The zero-order valence-electron chi connectivity index (χ0n) is 8.67. The first-order valence-electron chi connectivity index (χ1n) is 5.12. The minimum absolute atomic E-state index is 0.767. The van der Waals surface area contributed by atoms with Crippen molar-refractivity contribution in [2.24, 2.45) is 0 Å². The maximum absolute atomic E-state index is 5.78. The number of nitrogens with two attached hydrogens (primary N) is 1. The molecule has 0 radical (unpaired) electrons. The molecule has 0 atom stereocenters. The van der Waals surface area contributed by atoms with Crippen molar-refractivity contribution in [1.29, 1.82) is 0 Å². The first-order chi connectivity index (χ1) is 7.84. The smallest absolute Gasteiger partial charge is 0.137 e. The molecule has 1 aromatic carbocycles. The van der Waals surface area contributed by atoms with Gasteiger partial charge in [0.15, 0.2) is 0 Å². The average Bonchev–Trinajstić information content (AvgIpc) is 2.72. The molecule has 0 unspecified atom stereocenters. The maximum atomic E-state index is 5.78. The third-order valence-corrected chi connectivity index (χ3v) is 2.60. The Morgan fingerprint density at radius 3 is 2.88 bits per heavy atom. The van der Waals surface area contributed by atoms with Gasteiger partial charge in [0, 0.05) is 17.4 Å². The molecule has 0 spiro atoms. The van der Waals surface area contributed by atoms with E-state index in [2.05, 4.69) is 9.38 Å². The fraction of sp³-hybridized carbons (Fsp3) is 0. The number of hydrogen-bond donors (Lipinski definition) is 1. The van der Waals surface area contributed by atoms with Crippen LogP contribution in [0.25, 0.3) is 16.9 Å². The molecule has 0 amide bonds. The van der Waals surface area contributed by atoms with Gasteiger partial charge < -0.3 is 5.73 Å². The van der Waals surface area contributed by atoms with E-state index in [1.807, 2.05) is 54.9 Å². The summed E-state index contributed by atoms with van der Waals surface area (Å²) in [6, 6.07) is 13.8. The van der Waals surface area contributed by atoms with Crippen LogP contribution in [-0.4, -0.2) is 9.38 Å². The summed E-state index contributed by atoms with van der Waals surface area (Å²) in [5.41, 5.74) is 9.63. The lowest BCUT2D eigenvalue weighted by molar-refractivity contribution is 1.19. The monoisotopic (exact) mass is 209 g/mol. The average molecular weight is 209 g/mol. The molecule has 2 aromatic heterocycles. The number of imidazole rings is 1. The van der Waals surface area contributed by atoms with Crippen LogP contribution in [0, 0.1) is 0 Å². The molecule has 78 valence electrons. The summed E-state index contributed by atoms with van der Waals surface area (Å²) in [6.07, 6.45) is 3.87. The highest BCUT2D eigenvalue weighted by molar-refractivity contribution is 5.67. The summed E-state index contributed by atoms with van der Waals surface area (Å²) in [4.78, 5) is 4.35. The van der Waals surface area contributed by atoms with Crippen molar-refractivity contribution in [2.45, 2.75) is 0 Å². The zero-order chi connectivity index (χ0) is 11.0. The number of fused-ring (bicyclic) bond motifs is 1. The van der Waals surface area contributed by atoms with Crippen molar-refractivity contribution in [2.75, 3.05) is 5.73 Å². The molecule has 2 heterocycles. The normalized spacial score (nSPS) is 10.8. The van der Waals surface area contributed by atoms with Gasteiger partial charge in [0.1, 0.15) is 5.65 Å². The Labute approximate surface area is 93.2 Å². The highest BCUT2D eigenvalue weighted by Crippen LogP contribution is 2.22. The molecule has 2 N–H and O–H groups in total. The van der Waals surface area contributed by atoms with Gasteiger partial charge >= 0.3 is 0 Å². The minimum atomic E-state index is 0.767. The highest BCUT2D eigenvalue weighted by Gasteiger charge is 2.04. The number of hydrogen-bond acceptors (Lipinski definition) is 2. The van der Waals surface area contributed by atoms with Gasteiger partial charge in [-0.1, -0.05) is 18.2 Å². The summed E-state index contributed by atoms with van der Waals surface area (Å²) in [6.45, 7) is 0. The predicted molar refractivity (Wildman–Crippen MR) is 65.0 cm³/mol. The van der Waals surface area contributed by atoms with Crippen LogP contribution in [0.1, 0.15) is 0 Å². The molecular weight excluding hydrogens is 198 g/mol. The molecule has 0 saturated heterocycles. The van der Waals surface area contributed by atoms with E-state index in [0.717, 1.165) is 22.6 Å². The quantitative estimate of drug-likeness (QED) is 0.626. The van der Waals surface area contributed by atoms with Gasteiger partial charge in [0.05, 0.1) is 11.9 Å². The Hall–Kier alpha value is -2.29. The highest BCUT2D eigenvalue weighted by atomic mass is 15.0. The van der Waals surface area contributed by atoms with Crippen LogP contribution in [0.2, 0.25) is 0 Å². The van der Waals surface area contributed by atoms with Crippen molar-refractivity contribution in [3.63, 3.8) is 0 Å². The summed E-state index contributed by atoms with van der Waals surface area (Å²) in [7, 11) is 0. The lowest BCUT2D eigenvalue weighted by Crippen LogP contribution is -1.89. The second kappa shape index (κ2) is 3.38. The van der Waals surface area contributed by atoms with Crippen LogP contribution in [0.5, 0.6) is 0 Å². The number of nitrogens with zero attached hydrogens (tertiary/aromatic N) is 2. The fourth-order valence-electron chi connectivity index (χ4n) is 1.84. The van der Waals surface area contributed by atoms with Crippen molar-refractivity contribution >= 4 is 11.3 Å². The number of aromatic nitrogens is 2. The Morgan fingerprint density at radius 2 is 2.00 bits per heavy atom. The molecule has 0 aliphatic heterocycles. The Balaban J connectivity index is 2.26. The first-order valence-corrected chi connectivity index (χ1v) is 5.12. The van der Waals surface area contributed by atoms with E-state index in [1.54, 1.807) is 0 Å². The third-order valence-electron chi connectivity index (χ3n) is 2.60. The lowest BCUT2D eigenvalue weighted by atomic mass is 10.1. The second-order valence-corrected chi connectivity index (χ2v) is 3.70. The van der Waals surface area contributed by atoms with Gasteiger partial charge in [-0.25, -0.2) is 4.98 Å². The Kier molecular flexibility index (Phi) is 1.90. The second-order valence-electron chi connectivity index (χ2n) is 3.70. The van der Waals surface area contributed by atoms with Crippen LogP contribution >= 0.6 is 0 Å². The van der Waals surface area contributed by atoms with E-state index in [1.165, 1.54) is 0 Å². The third kappa shape index (κ3) is 1.34. The number of nitrogen functional groups attached to an aromatic ring is 1. The SMILES string of the molecule is Nc1cccc(-c2cnc3ccccn23)c1. The van der Waals surface area contributed by atoms with Gasteiger partial charge in [0.2, 0.25) is 0 Å². The molecule has 0 aliphatic rings. The topological polar surface area (TPSA) is 43.3 Å². The molecule has 0 fully saturated rings. The van der Waals surface area contributed by atoms with Crippen LogP contribution in [0.3, 0.4) is 0 Å². The largest absolute Gasteiger partial charge is 0.399 e. The lowest BCUT2D eigenvalue weighted by Gasteiger charge is -2.02. The molecule has 0 saturated carbocycles. The van der Waals surface area contributed by atoms with E-state index < -0.39 is 0 Å². The number of pyridine rings is 1. The van der Waals surface area contributed by atoms with E-state index in [0.29, 0.717) is 0 Å². The van der Waals surface area contributed by atoms with Gasteiger partial charge in [-0.15, -0.1) is 0 Å². The number of anilines is 1. The number of rotatable bonds is 1. The van der Waals surface area contributed by atoms with Crippen LogP contribution in [0.15, 0.2) is 54.9 Å². The molecule has 16 heavy (non-hydrogen) atoms.